The van der Waals surface area contributed by atoms with E-state index >= 15 is 0 Å². The largest absolute Gasteiger partial charge is 0.393 e. The highest BCUT2D eigenvalue weighted by Gasteiger charge is 2.02. The first-order valence-corrected chi connectivity index (χ1v) is 3.60. The van der Waals surface area contributed by atoms with E-state index in [4.69, 9.17) is 5.11 Å². The van der Waals surface area contributed by atoms with Gasteiger partial charge >= 0.3 is 0 Å². The summed E-state index contributed by atoms with van der Waals surface area (Å²) in [4.78, 5) is 10.8. The molecule has 0 fully saturated rings. The standard InChI is InChI=1S/C7H15NO3/c1-6(9)3-4-7(10)8-5-11-2/h6,9H,3-5H2,1-2H3,(H,8,10). The summed E-state index contributed by atoms with van der Waals surface area (Å²) in [6, 6.07) is 0. The highest BCUT2D eigenvalue weighted by atomic mass is 16.5. The SMILES string of the molecule is COCNC(=O)CCC(C)O. The van der Waals surface area contributed by atoms with Crippen LogP contribution in [0.2, 0.25) is 0 Å². The molecule has 0 aliphatic rings. The average Bonchev–Trinajstić information content (AvgIpc) is 1.97. The van der Waals surface area contributed by atoms with Gasteiger partial charge < -0.3 is 15.2 Å². The van der Waals surface area contributed by atoms with Gasteiger partial charge in [-0.25, -0.2) is 0 Å². The monoisotopic (exact) mass is 161 g/mol. The van der Waals surface area contributed by atoms with Gasteiger partial charge in [-0.05, 0) is 13.3 Å². The van der Waals surface area contributed by atoms with E-state index in [1.807, 2.05) is 0 Å². The molecule has 1 amide bonds. The molecule has 0 spiro atoms. The van der Waals surface area contributed by atoms with Crippen LogP contribution in [0.15, 0.2) is 0 Å². The first-order chi connectivity index (χ1) is 5.16. The maximum Gasteiger partial charge on any atom is 0.221 e. The molecule has 0 aromatic carbocycles. The Hall–Kier alpha value is -0.610. The van der Waals surface area contributed by atoms with Crippen molar-refractivity contribution in [1.82, 2.24) is 5.32 Å². The second-order valence-corrected chi connectivity index (χ2v) is 2.42. The molecule has 1 atom stereocenters. The van der Waals surface area contributed by atoms with E-state index in [0.29, 0.717) is 12.8 Å². The zero-order valence-corrected chi connectivity index (χ0v) is 6.96. The van der Waals surface area contributed by atoms with E-state index in [1.54, 1.807) is 6.92 Å². The van der Waals surface area contributed by atoms with Crippen molar-refractivity contribution >= 4 is 5.91 Å². The van der Waals surface area contributed by atoms with Crippen molar-refractivity contribution in [3.63, 3.8) is 0 Å². The van der Waals surface area contributed by atoms with Crippen LogP contribution in [-0.2, 0) is 9.53 Å². The number of aliphatic hydroxyl groups is 1. The zero-order chi connectivity index (χ0) is 8.69. The van der Waals surface area contributed by atoms with Crippen LogP contribution >= 0.6 is 0 Å². The molecule has 4 nitrogen and oxygen atoms in total. The van der Waals surface area contributed by atoms with Crippen LogP contribution in [0.1, 0.15) is 19.8 Å². The van der Waals surface area contributed by atoms with Gasteiger partial charge in [-0.2, -0.15) is 0 Å². The minimum Gasteiger partial charge on any atom is -0.393 e. The summed E-state index contributed by atoms with van der Waals surface area (Å²) in [6.45, 7) is 1.89. The molecule has 11 heavy (non-hydrogen) atoms. The Kier molecular flexibility index (Phi) is 5.78. The molecule has 0 aromatic rings. The van der Waals surface area contributed by atoms with Crippen molar-refractivity contribution in [3.05, 3.63) is 0 Å². The van der Waals surface area contributed by atoms with Gasteiger partial charge in [0.25, 0.3) is 0 Å². The number of aliphatic hydroxyl groups excluding tert-OH is 1. The number of hydrogen-bond acceptors (Lipinski definition) is 3. The lowest BCUT2D eigenvalue weighted by Gasteiger charge is -2.04. The lowest BCUT2D eigenvalue weighted by atomic mass is 10.2. The predicted octanol–water partition coefficient (Wildman–Crippen LogP) is -0.133. The third kappa shape index (κ3) is 7.29. The molecule has 0 bridgehead atoms. The number of nitrogens with one attached hydrogen (secondary N) is 1. The number of carbonyl (C=O) groups excluding carboxylic acids is 1. The van der Waals surface area contributed by atoms with Crippen molar-refractivity contribution in [2.24, 2.45) is 0 Å². The van der Waals surface area contributed by atoms with E-state index in [-0.39, 0.29) is 12.6 Å². The molecular formula is C7H15NO3. The van der Waals surface area contributed by atoms with Crippen molar-refractivity contribution in [2.45, 2.75) is 25.9 Å². The van der Waals surface area contributed by atoms with Crippen LogP contribution in [0.3, 0.4) is 0 Å². The van der Waals surface area contributed by atoms with Crippen LogP contribution in [0.4, 0.5) is 0 Å². The van der Waals surface area contributed by atoms with E-state index in [1.165, 1.54) is 7.11 Å². The number of amides is 1. The Labute approximate surface area is 66.5 Å². The predicted molar refractivity (Wildman–Crippen MR) is 40.9 cm³/mol. The van der Waals surface area contributed by atoms with Gasteiger partial charge in [0, 0.05) is 13.5 Å². The summed E-state index contributed by atoms with van der Waals surface area (Å²) in [7, 11) is 1.51. The number of rotatable bonds is 5. The first-order valence-electron chi connectivity index (χ1n) is 3.60. The van der Waals surface area contributed by atoms with Gasteiger partial charge in [-0.3, -0.25) is 4.79 Å². The second kappa shape index (κ2) is 6.12. The zero-order valence-electron chi connectivity index (χ0n) is 6.96. The van der Waals surface area contributed by atoms with Crippen LogP contribution in [0.25, 0.3) is 0 Å². The fourth-order valence-corrected chi connectivity index (χ4v) is 0.581. The van der Waals surface area contributed by atoms with Gasteiger partial charge in [0.15, 0.2) is 0 Å². The van der Waals surface area contributed by atoms with E-state index < -0.39 is 6.10 Å². The van der Waals surface area contributed by atoms with Crippen molar-refractivity contribution in [3.8, 4) is 0 Å². The van der Waals surface area contributed by atoms with E-state index in [0.717, 1.165) is 0 Å². The molecule has 2 N–H and O–H groups in total. The Morgan fingerprint density at radius 2 is 2.36 bits per heavy atom. The summed E-state index contributed by atoms with van der Waals surface area (Å²) in [5.41, 5.74) is 0. The molecule has 1 unspecified atom stereocenters. The van der Waals surface area contributed by atoms with Crippen LogP contribution in [-0.4, -0.2) is 31.0 Å². The molecule has 4 heteroatoms. The van der Waals surface area contributed by atoms with Gasteiger partial charge in [0.2, 0.25) is 5.91 Å². The summed E-state index contributed by atoms with van der Waals surface area (Å²) in [5, 5.41) is 11.3. The molecule has 0 saturated carbocycles. The average molecular weight is 161 g/mol. The van der Waals surface area contributed by atoms with Gasteiger partial charge in [0.1, 0.15) is 6.73 Å². The third-order valence-corrected chi connectivity index (χ3v) is 1.20. The fraction of sp³-hybridized carbons (Fsp3) is 0.857. The van der Waals surface area contributed by atoms with Crippen molar-refractivity contribution in [1.29, 1.82) is 0 Å². The first kappa shape index (κ1) is 10.4. The van der Waals surface area contributed by atoms with Gasteiger partial charge in [-0.15, -0.1) is 0 Å². The normalized spacial score (nSPS) is 12.6. The Balaban J connectivity index is 3.23. The summed E-state index contributed by atoms with van der Waals surface area (Å²) in [5.74, 6) is -0.0900. The molecule has 0 heterocycles. The molecule has 0 rings (SSSR count). The van der Waals surface area contributed by atoms with Gasteiger partial charge in [-0.1, -0.05) is 0 Å². The van der Waals surface area contributed by atoms with E-state index in [2.05, 4.69) is 10.1 Å². The maximum absolute atomic E-state index is 10.8. The molecule has 0 aliphatic heterocycles. The molecule has 0 aromatic heterocycles. The summed E-state index contributed by atoms with van der Waals surface area (Å²) in [6.07, 6.45) is 0.430. The fourth-order valence-electron chi connectivity index (χ4n) is 0.581. The molecule has 0 saturated heterocycles. The van der Waals surface area contributed by atoms with Crippen molar-refractivity contribution in [2.75, 3.05) is 13.8 Å². The van der Waals surface area contributed by atoms with Crippen LogP contribution in [0.5, 0.6) is 0 Å². The number of carbonyl (C=O) groups is 1. The Bertz CT molecular complexity index is 114. The lowest BCUT2D eigenvalue weighted by molar-refractivity contribution is -0.123. The summed E-state index contributed by atoms with van der Waals surface area (Å²) < 4.78 is 4.62. The Morgan fingerprint density at radius 1 is 1.73 bits per heavy atom. The topological polar surface area (TPSA) is 58.6 Å². The third-order valence-electron chi connectivity index (χ3n) is 1.20. The highest BCUT2D eigenvalue weighted by Crippen LogP contribution is 1.94. The smallest absolute Gasteiger partial charge is 0.221 e. The van der Waals surface area contributed by atoms with E-state index in [9.17, 15) is 4.79 Å². The molecule has 0 aliphatic carbocycles. The minimum atomic E-state index is -0.414. The van der Waals surface area contributed by atoms with Crippen LogP contribution < -0.4 is 5.32 Å². The molecule has 66 valence electrons. The highest BCUT2D eigenvalue weighted by molar-refractivity contribution is 5.75. The second-order valence-electron chi connectivity index (χ2n) is 2.42. The minimum absolute atomic E-state index is 0.0900. The van der Waals surface area contributed by atoms with Crippen LogP contribution in [0, 0.1) is 0 Å². The summed E-state index contributed by atoms with van der Waals surface area (Å²) >= 11 is 0. The number of methoxy groups -OCH3 is 1. The quantitative estimate of drug-likeness (QED) is 0.552. The van der Waals surface area contributed by atoms with Crippen molar-refractivity contribution < 1.29 is 14.6 Å². The molecule has 0 radical (unpaired) electrons. The number of hydrogen-bond donors (Lipinski definition) is 2. The number of ether oxygens (including phenoxy) is 1. The van der Waals surface area contributed by atoms with Gasteiger partial charge in [0.05, 0.1) is 6.10 Å². The lowest BCUT2D eigenvalue weighted by Crippen LogP contribution is -2.25. The maximum atomic E-state index is 10.8. The Morgan fingerprint density at radius 3 is 2.82 bits per heavy atom. The molecular weight excluding hydrogens is 146 g/mol.